The van der Waals surface area contributed by atoms with Crippen LogP contribution in [0.3, 0.4) is 0 Å². The molecule has 3 heterocycles. The first-order valence-corrected chi connectivity index (χ1v) is 10.6. The molecule has 0 saturated carbocycles. The number of aryl methyl sites for hydroxylation is 1. The van der Waals surface area contributed by atoms with E-state index in [9.17, 15) is 9.59 Å². The molecule has 2 aliphatic rings. The van der Waals surface area contributed by atoms with Gasteiger partial charge in [-0.1, -0.05) is 24.6 Å². The quantitative estimate of drug-likeness (QED) is 0.814. The Labute approximate surface area is 166 Å². The molecule has 2 fully saturated rings. The number of rotatable bonds is 4. The van der Waals surface area contributed by atoms with E-state index in [1.807, 2.05) is 24.3 Å². The van der Waals surface area contributed by atoms with Crippen LogP contribution >= 0.6 is 0 Å². The molecule has 1 amide bonds. The molecule has 2 aromatic rings. The second-order valence-corrected chi connectivity index (χ2v) is 8.20. The van der Waals surface area contributed by atoms with Gasteiger partial charge in [0.2, 0.25) is 5.91 Å². The number of amides is 1. The van der Waals surface area contributed by atoms with Crippen LogP contribution in [0.2, 0.25) is 0 Å². The van der Waals surface area contributed by atoms with Crippen LogP contribution in [0, 0.1) is 0 Å². The maximum absolute atomic E-state index is 13.2. The van der Waals surface area contributed by atoms with E-state index in [-0.39, 0.29) is 17.9 Å². The van der Waals surface area contributed by atoms with Gasteiger partial charge in [-0.05, 0) is 51.3 Å². The highest BCUT2D eigenvalue weighted by Gasteiger charge is 2.29. The average Bonchev–Trinajstić information content (AvgIpc) is 2.73. The van der Waals surface area contributed by atoms with Crippen molar-refractivity contribution in [3.05, 3.63) is 40.3 Å². The molecule has 28 heavy (non-hydrogen) atoms. The third-order valence-corrected chi connectivity index (χ3v) is 6.22. The molecule has 4 rings (SSSR count). The number of hydrogen-bond donors (Lipinski definition) is 0. The zero-order chi connectivity index (χ0) is 19.5. The minimum atomic E-state index is -0.118. The normalized spacial score (nSPS) is 21.2. The fourth-order valence-electron chi connectivity index (χ4n) is 4.71. The molecule has 1 aromatic heterocycles. The summed E-state index contributed by atoms with van der Waals surface area (Å²) in [6, 6.07) is 7.77. The molecular weight excluding hydrogens is 352 g/mol. The van der Waals surface area contributed by atoms with Crippen LogP contribution in [0.1, 0.15) is 44.2 Å². The first kappa shape index (κ1) is 19.1. The molecule has 1 atom stereocenters. The second-order valence-electron chi connectivity index (χ2n) is 8.20. The van der Waals surface area contributed by atoms with E-state index in [4.69, 9.17) is 0 Å². The third-order valence-electron chi connectivity index (χ3n) is 6.22. The molecule has 6 heteroatoms. The zero-order valence-corrected chi connectivity index (χ0v) is 16.8. The van der Waals surface area contributed by atoms with Crippen LogP contribution in [0.5, 0.6) is 0 Å². The van der Waals surface area contributed by atoms with Crippen molar-refractivity contribution in [1.82, 2.24) is 19.6 Å². The number of benzene rings is 1. The number of carbonyl (C=O) groups excluding carboxylic acids is 1. The van der Waals surface area contributed by atoms with Crippen LogP contribution < -0.4 is 5.56 Å². The molecule has 2 saturated heterocycles. The smallest absolute Gasteiger partial charge is 0.274 e. The fourth-order valence-corrected chi connectivity index (χ4v) is 4.71. The second kappa shape index (κ2) is 8.43. The Hall–Kier alpha value is -2.21. The van der Waals surface area contributed by atoms with E-state index in [1.165, 1.54) is 30.4 Å². The van der Waals surface area contributed by atoms with E-state index in [2.05, 4.69) is 14.9 Å². The summed E-state index contributed by atoms with van der Waals surface area (Å²) < 4.78 is 1.35. The number of aromatic nitrogens is 2. The molecule has 1 aromatic carbocycles. The van der Waals surface area contributed by atoms with Gasteiger partial charge in [0.25, 0.3) is 5.56 Å². The van der Waals surface area contributed by atoms with Gasteiger partial charge in [-0.2, -0.15) is 5.10 Å². The Balaban J connectivity index is 1.54. The van der Waals surface area contributed by atoms with Crippen LogP contribution in [0.4, 0.5) is 0 Å². The highest BCUT2D eigenvalue weighted by atomic mass is 16.2. The van der Waals surface area contributed by atoms with Gasteiger partial charge in [-0.15, -0.1) is 0 Å². The van der Waals surface area contributed by atoms with Crippen molar-refractivity contribution in [2.75, 3.05) is 26.2 Å². The Bertz CT molecular complexity index is 901. The maximum atomic E-state index is 13.2. The van der Waals surface area contributed by atoms with Crippen LogP contribution in [-0.4, -0.2) is 57.7 Å². The van der Waals surface area contributed by atoms with E-state index >= 15 is 0 Å². The predicted molar refractivity (Wildman–Crippen MR) is 110 cm³/mol. The largest absolute Gasteiger partial charge is 0.338 e. The van der Waals surface area contributed by atoms with Gasteiger partial charge in [0.05, 0.1) is 17.5 Å². The first-order chi connectivity index (χ1) is 13.6. The molecule has 150 valence electrons. The summed E-state index contributed by atoms with van der Waals surface area (Å²) in [5, 5.41) is 5.85. The van der Waals surface area contributed by atoms with Crippen molar-refractivity contribution >= 4 is 16.7 Å². The van der Waals surface area contributed by atoms with Crippen LogP contribution in [0.15, 0.2) is 29.1 Å². The highest BCUT2D eigenvalue weighted by Crippen LogP contribution is 2.22. The molecule has 6 nitrogen and oxygen atoms in total. The van der Waals surface area contributed by atoms with Gasteiger partial charge in [0.15, 0.2) is 0 Å². The molecular formula is C22H30N4O2. The summed E-state index contributed by atoms with van der Waals surface area (Å²) in [4.78, 5) is 30.2. The third kappa shape index (κ3) is 3.97. The minimum absolute atomic E-state index is 0.118. The van der Waals surface area contributed by atoms with Gasteiger partial charge >= 0.3 is 0 Å². The van der Waals surface area contributed by atoms with Crippen LogP contribution in [0.25, 0.3) is 10.8 Å². The molecule has 0 N–H and O–H groups in total. The molecule has 0 spiro atoms. The maximum Gasteiger partial charge on any atom is 0.274 e. The van der Waals surface area contributed by atoms with E-state index in [1.54, 1.807) is 7.05 Å². The predicted octanol–water partition coefficient (Wildman–Crippen LogP) is 2.34. The molecule has 0 aliphatic carbocycles. The lowest BCUT2D eigenvalue weighted by Gasteiger charge is -2.39. The topological polar surface area (TPSA) is 58.4 Å². The van der Waals surface area contributed by atoms with E-state index in [0.29, 0.717) is 17.1 Å². The van der Waals surface area contributed by atoms with Gasteiger partial charge in [-0.3, -0.25) is 9.59 Å². The summed E-state index contributed by atoms with van der Waals surface area (Å²) in [5.41, 5.74) is 0.581. The first-order valence-electron chi connectivity index (χ1n) is 10.6. The fraction of sp³-hybridized carbons (Fsp3) is 0.591. The van der Waals surface area contributed by atoms with Crippen LogP contribution in [-0.2, 0) is 18.3 Å². The number of piperidine rings is 2. The summed E-state index contributed by atoms with van der Waals surface area (Å²) in [6.45, 7) is 4.14. The number of nitrogens with zero attached hydrogens (tertiary/aromatic N) is 4. The van der Waals surface area contributed by atoms with Crippen molar-refractivity contribution in [3.63, 3.8) is 0 Å². The Kier molecular flexibility index (Phi) is 5.76. The molecule has 2 aliphatic heterocycles. The summed E-state index contributed by atoms with van der Waals surface area (Å²) in [6.07, 6.45) is 7.49. The lowest BCUT2D eigenvalue weighted by atomic mass is 9.99. The Morgan fingerprint density at radius 1 is 1.04 bits per heavy atom. The van der Waals surface area contributed by atoms with Gasteiger partial charge in [0.1, 0.15) is 0 Å². The van der Waals surface area contributed by atoms with E-state index < -0.39 is 0 Å². The monoisotopic (exact) mass is 382 g/mol. The molecule has 0 bridgehead atoms. The summed E-state index contributed by atoms with van der Waals surface area (Å²) in [5.74, 6) is 0.137. The van der Waals surface area contributed by atoms with E-state index in [0.717, 1.165) is 44.4 Å². The van der Waals surface area contributed by atoms with Crippen molar-refractivity contribution in [1.29, 1.82) is 0 Å². The van der Waals surface area contributed by atoms with Crippen molar-refractivity contribution in [2.45, 2.75) is 51.0 Å². The van der Waals surface area contributed by atoms with Gasteiger partial charge in [0, 0.05) is 31.6 Å². The van der Waals surface area contributed by atoms with Gasteiger partial charge < -0.3 is 9.80 Å². The SMILES string of the molecule is Cn1nc(CC(=O)N2CCCC[C@H]2CN2CCCCC2)c2ccccc2c1=O. The lowest BCUT2D eigenvalue weighted by molar-refractivity contribution is -0.134. The van der Waals surface area contributed by atoms with Crippen molar-refractivity contribution < 1.29 is 4.79 Å². The van der Waals surface area contributed by atoms with Gasteiger partial charge in [-0.25, -0.2) is 4.68 Å². The number of carbonyl (C=O) groups is 1. The Morgan fingerprint density at radius 3 is 2.54 bits per heavy atom. The number of fused-ring (bicyclic) bond motifs is 1. The minimum Gasteiger partial charge on any atom is -0.338 e. The highest BCUT2D eigenvalue weighted by molar-refractivity contribution is 5.88. The molecule has 0 unspecified atom stereocenters. The Morgan fingerprint density at radius 2 is 1.75 bits per heavy atom. The van der Waals surface area contributed by atoms with Crippen molar-refractivity contribution in [3.8, 4) is 0 Å². The average molecular weight is 383 g/mol. The summed E-state index contributed by atoms with van der Waals surface area (Å²) >= 11 is 0. The number of hydrogen-bond acceptors (Lipinski definition) is 4. The standard InChI is InChI=1S/C22H30N4O2/c1-24-22(28)19-11-4-3-10-18(19)20(23-24)15-21(27)26-14-8-5-9-17(26)16-25-12-6-2-7-13-25/h3-4,10-11,17H,2,5-9,12-16H2,1H3/t17-/m0/s1. The van der Waals surface area contributed by atoms with Crippen molar-refractivity contribution in [2.24, 2.45) is 7.05 Å². The molecule has 0 radical (unpaired) electrons. The lowest BCUT2D eigenvalue weighted by Crippen LogP contribution is -2.50. The number of likely N-dealkylation sites (tertiary alicyclic amines) is 2. The zero-order valence-electron chi connectivity index (χ0n) is 16.8. The summed E-state index contributed by atoms with van der Waals surface area (Å²) in [7, 11) is 1.66.